The molecule has 0 rings (SSSR count). The first kappa shape index (κ1) is 13.8. The predicted octanol–water partition coefficient (Wildman–Crippen LogP) is -2.66. The number of carbonyl (C=O) groups excluding carboxylic acids is 2. The number of methoxy groups -OCH3 is 1. The maximum Gasteiger partial charge on any atom is 0.331 e. The Morgan fingerprint density at radius 2 is 2.07 bits per heavy atom. The van der Waals surface area contributed by atoms with Crippen LogP contribution in [0.5, 0.6) is 0 Å². The van der Waals surface area contributed by atoms with Crippen molar-refractivity contribution < 1.29 is 24.5 Å². The van der Waals surface area contributed by atoms with Gasteiger partial charge < -0.3 is 26.0 Å². The van der Waals surface area contributed by atoms with E-state index in [1.165, 1.54) is 6.92 Å². The Hall–Kier alpha value is -1.18. The molecule has 0 aliphatic rings. The van der Waals surface area contributed by atoms with Crippen LogP contribution in [0.15, 0.2) is 0 Å². The van der Waals surface area contributed by atoms with Crippen LogP contribution < -0.4 is 11.1 Å². The third kappa shape index (κ3) is 4.24. The number of ether oxygens (including phenoxy) is 1. The smallest absolute Gasteiger partial charge is 0.331 e. The SMILES string of the molecule is COC(=O)C(NC(=O)C(N)CO)C(C)O. The predicted molar refractivity (Wildman–Crippen MR) is 50.7 cm³/mol. The van der Waals surface area contributed by atoms with Gasteiger partial charge in [0.1, 0.15) is 6.04 Å². The third-order valence-electron chi connectivity index (χ3n) is 1.77. The zero-order chi connectivity index (χ0) is 12.0. The lowest BCUT2D eigenvalue weighted by Gasteiger charge is -2.20. The molecule has 3 unspecified atom stereocenters. The number of amides is 1. The van der Waals surface area contributed by atoms with Gasteiger partial charge >= 0.3 is 5.97 Å². The molecule has 0 bridgehead atoms. The molecule has 0 aromatic carbocycles. The third-order valence-corrected chi connectivity index (χ3v) is 1.77. The molecule has 0 fully saturated rings. The highest BCUT2D eigenvalue weighted by molar-refractivity contribution is 5.87. The Balaban J connectivity index is 4.42. The fourth-order valence-electron chi connectivity index (χ4n) is 0.847. The molecule has 0 aliphatic carbocycles. The summed E-state index contributed by atoms with van der Waals surface area (Å²) in [6.07, 6.45) is -1.10. The molecule has 88 valence electrons. The van der Waals surface area contributed by atoms with E-state index in [4.69, 9.17) is 10.8 Å². The zero-order valence-corrected chi connectivity index (χ0v) is 8.64. The van der Waals surface area contributed by atoms with Gasteiger partial charge in [-0.1, -0.05) is 0 Å². The summed E-state index contributed by atoms with van der Waals surface area (Å²) in [7, 11) is 1.13. The van der Waals surface area contributed by atoms with Crippen molar-refractivity contribution >= 4 is 11.9 Å². The fraction of sp³-hybridized carbons (Fsp3) is 0.750. The van der Waals surface area contributed by atoms with Crippen molar-refractivity contribution in [3.8, 4) is 0 Å². The number of hydrogen-bond acceptors (Lipinski definition) is 6. The minimum atomic E-state index is -1.18. The number of esters is 1. The van der Waals surface area contributed by atoms with E-state index in [1.54, 1.807) is 0 Å². The highest BCUT2D eigenvalue weighted by Crippen LogP contribution is 1.96. The second kappa shape index (κ2) is 6.33. The summed E-state index contributed by atoms with van der Waals surface area (Å²) in [5, 5.41) is 20.0. The molecular formula is C8H16N2O5. The maximum absolute atomic E-state index is 11.2. The first-order chi connectivity index (χ1) is 6.93. The molecule has 0 aromatic rings. The van der Waals surface area contributed by atoms with Crippen molar-refractivity contribution in [2.24, 2.45) is 5.73 Å². The average Bonchev–Trinajstić information content (AvgIpc) is 2.22. The van der Waals surface area contributed by atoms with E-state index in [0.717, 1.165) is 7.11 Å². The Labute approximate surface area is 87.2 Å². The van der Waals surface area contributed by atoms with Crippen LogP contribution in [-0.4, -0.2) is 54.0 Å². The number of aliphatic hydroxyl groups is 2. The van der Waals surface area contributed by atoms with Gasteiger partial charge in [-0.3, -0.25) is 4.79 Å². The van der Waals surface area contributed by atoms with Crippen molar-refractivity contribution in [1.82, 2.24) is 5.32 Å². The summed E-state index contributed by atoms with van der Waals surface area (Å²) < 4.78 is 4.37. The number of rotatable bonds is 5. The monoisotopic (exact) mass is 220 g/mol. The van der Waals surface area contributed by atoms with Crippen molar-refractivity contribution in [3.63, 3.8) is 0 Å². The zero-order valence-electron chi connectivity index (χ0n) is 8.64. The lowest BCUT2D eigenvalue weighted by Crippen LogP contribution is -2.53. The standard InChI is InChI=1S/C8H16N2O5/c1-4(12)6(8(14)15-2)10-7(13)5(9)3-11/h4-6,11-12H,3,9H2,1-2H3,(H,10,13). The molecule has 7 heteroatoms. The van der Waals surface area contributed by atoms with E-state index in [9.17, 15) is 14.7 Å². The number of carbonyl (C=O) groups is 2. The fourth-order valence-corrected chi connectivity index (χ4v) is 0.847. The van der Waals surface area contributed by atoms with Gasteiger partial charge in [-0.2, -0.15) is 0 Å². The van der Waals surface area contributed by atoms with E-state index < -0.39 is 36.7 Å². The molecule has 0 aliphatic heterocycles. The molecular weight excluding hydrogens is 204 g/mol. The quantitative estimate of drug-likeness (QED) is 0.375. The van der Waals surface area contributed by atoms with Gasteiger partial charge in [-0.15, -0.1) is 0 Å². The Morgan fingerprint density at radius 3 is 2.40 bits per heavy atom. The molecule has 1 amide bonds. The molecule has 0 saturated carbocycles. The summed E-state index contributed by atoms with van der Waals surface area (Å²) in [6.45, 7) is 0.784. The molecule has 7 nitrogen and oxygen atoms in total. The minimum Gasteiger partial charge on any atom is -0.467 e. The number of hydrogen-bond donors (Lipinski definition) is 4. The van der Waals surface area contributed by atoms with Crippen LogP contribution in [0, 0.1) is 0 Å². The van der Waals surface area contributed by atoms with E-state index in [-0.39, 0.29) is 0 Å². The topological polar surface area (TPSA) is 122 Å². The molecule has 0 aromatic heterocycles. The molecule has 0 heterocycles. The van der Waals surface area contributed by atoms with Crippen LogP contribution in [0.3, 0.4) is 0 Å². The molecule has 0 saturated heterocycles. The molecule has 15 heavy (non-hydrogen) atoms. The van der Waals surface area contributed by atoms with Crippen LogP contribution in [0.1, 0.15) is 6.92 Å². The first-order valence-electron chi connectivity index (χ1n) is 4.36. The van der Waals surface area contributed by atoms with Crippen molar-refractivity contribution in [3.05, 3.63) is 0 Å². The van der Waals surface area contributed by atoms with Gasteiger partial charge in [-0.05, 0) is 6.92 Å². The second-order valence-corrected chi connectivity index (χ2v) is 3.04. The summed E-state index contributed by atoms with van der Waals surface area (Å²) in [4.78, 5) is 22.3. The van der Waals surface area contributed by atoms with E-state index >= 15 is 0 Å². The summed E-state index contributed by atoms with van der Waals surface area (Å²) in [5.41, 5.74) is 5.21. The Bertz CT molecular complexity index is 231. The number of nitrogens with two attached hydrogens (primary N) is 1. The van der Waals surface area contributed by atoms with Gasteiger partial charge in [0.2, 0.25) is 5.91 Å². The summed E-state index contributed by atoms with van der Waals surface area (Å²) >= 11 is 0. The molecule has 3 atom stereocenters. The summed E-state index contributed by atoms with van der Waals surface area (Å²) in [5.74, 6) is -1.50. The van der Waals surface area contributed by atoms with Crippen molar-refractivity contribution in [1.29, 1.82) is 0 Å². The second-order valence-electron chi connectivity index (χ2n) is 3.04. The molecule has 5 N–H and O–H groups in total. The normalized spacial score (nSPS) is 16.3. The maximum atomic E-state index is 11.2. The van der Waals surface area contributed by atoms with Gasteiger partial charge in [0.05, 0.1) is 19.8 Å². The van der Waals surface area contributed by atoms with E-state index in [2.05, 4.69) is 10.1 Å². The van der Waals surface area contributed by atoms with Crippen molar-refractivity contribution in [2.45, 2.75) is 25.1 Å². The Kier molecular flexibility index (Phi) is 5.83. The van der Waals surface area contributed by atoms with Crippen LogP contribution in [0.4, 0.5) is 0 Å². The van der Waals surface area contributed by atoms with Crippen LogP contribution in [-0.2, 0) is 14.3 Å². The largest absolute Gasteiger partial charge is 0.467 e. The minimum absolute atomic E-state index is 0.542. The van der Waals surface area contributed by atoms with Crippen LogP contribution in [0.2, 0.25) is 0 Å². The van der Waals surface area contributed by atoms with Gasteiger partial charge in [0, 0.05) is 0 Å². The lowest BCUT2D eigenvalue weighted by molar-refractivity contribution is -0.148. The number of nitrogens with one attached hydrogen (secondary N) is 1. The molecule has 0 spiro atoms. The lowest BCUT2D eigenvalue weighted by atomic mass is 10.1. The Morgan fingerprint density at radius 1 is 1.53 bits per heavy atom. The first-order valence-corrected chi connectivity index (χ1v) is 4.36. The van der Waals surface area contributed by atoms with Crippen molar-refractivity contribution in [2.75, 3.05) is 13.7 Å². The molecule has 0 radical (unpaired) electrons. The van der Waals surface area contributed by atoms with Crippen LogP contribution >= 0.6 is 0 Å². The average molecular weight is 220 g/mol. The van der Waals surface area contributed by atoms with Gasteiger partial charge in [0.25, 0.3) is 0 Å². The van der Waals surface area contributed by atoms with E-state index in [0.29, 0.717) is 0 Å². The van der Waals surface area contributed by atoms with E-state index in [1.807, 2.05) is 0 Å². The number of aliphatic hydroxyl groups excluding tert-OH is 2. The van der Waals surface area contributed by atoms with Gasteiger partial charge in [-0.25, -0.2) is 4.79 Å². The van der Waals surface area contributed by atoms with Gasteiger partial charge in [0.15, 0.2) is 6.04 Å². The summed E-state index contributed by atoms with van der Waals surface area (Å²) in [6, 6.07) is -2.31. The highest BCUT2D eigenvalue weighted by atomic mass is 16.5. The highest BCUT2D eigenvalue weighted by Gasteiger charge is 2.27. The van der Waals surface area contributed by atoms with Crippen LogP contribution in [0.25, 0.3) is 0 Å².